The lowest BCUT2D eigenvalue weighted by atomic mass is 9.86. The van der Waals surface area contributed by atoms with Gasteiger partial charge in [-0.3, -0.25) is 4.68 Å². The molecule has 4 heteroatoms. The Kier molecular flexibility index (Phi) is 2.93. The van der Waals surface area contributed by atoms with E-state index in [9.17, 15) is 0 Å². The smallest absolute Gasteiger partial charge is 0.0910 e. The summed E-state index contributed by atoms with van der Waals surface area (Å²) < 4.78 is 1.78. The summed E-state index contributed by atoms with van der Waals surface area (Å²) in [6, 6.07) is 1.84. The van der Waals surface area contributed by atoms with Crippen molar-refractivity contribution < 1.29 is 5.21 Å². The van der Waals surface area contributed by atoms with Crippen LogP contribution in [0.25, 0.3) is 0 Å². The Labute approximate surface area is 84.2 Å². The van der Waals surface area contributed by atoms with Crippen molar-refractivity contribution in [1.29, 1.82) is 0 Å². The third kappa shape index (κ3) is 2.13. The molecule has 4 nitrogen and oxygen atoms in total. The SMILES string of the molecule is CC(C(=NO)C(C)(C)C)n1cccn1. The maximum Gasteiger partial charge on any atom is 0.0910 e. The van der Waals surface area contributed by atoms with Crippen LogP contribution in [0.4, 0.5) is 0 Å². The Morgan fingerprint density at radius 1 is 1.50 bits per heavy atom. The van der Waals surface area contributed by atoms with E-state index in [0.29, 0.717) is 0 Å². The van der Waals surface area contributed by atoms with Crippen LogP contribution >= 0.6 is 0 Å². The van der Waals surface area contributed by atoms with Gasteiger partial charge in [0.15, 0.2) is 0 Å². The molecule has 0 aliphatic rings. The number of hydrogen-bond donors (Lipinski definition) is 1. The molecule has 0 saturated carbocycles. The summed E-state index contributed by atoms with van der Waals surface area (Å²) in [5.41, 5.74) is 0.571. The Morgan fingerprint density at radius 3 is 2.50 bits per heavy atom. The van der Waals surface area contributed by atoms with Crippen LogP contribution in [-0.4, -0.2) is 20.7 Å². The molecule has 1 aromatic rings. The van der Waals surface area contributed by atoms with Gasteiger partial charge in [-0.25, -0.2) is 0 Å². The fourth-order valence-electron chi connectivity index (χ4n) is 1.50. The Hall–Kier alpha value is -1.32. The van der Waals surface area contributed by atoms with E-state index >= 15 is 0 Å². The summed E-state index contributed by atoms with van der Waals surface area (Å²) in [5.74, 6) is 0. The second-order valence-corrected chi connectivity index (χ2v) is 4.40. The van der Waals surface area contributed by atoms with Crippen molar-refractivity contribution in [3.63, 3.8) is 0 Å². The molecule has 0 amide bonds. The predicted octanol–water partition coefficient (Wildman–Crippen LogP) is 2.32. The van der Waals surface area contributed by atoms with Crippen molar-refractivity contribution in [2.24, 2.45) is 10.6 Å². The third-order valence-corrected chi connectivity index (χ3v) is 2.19. The highest BCUT2D eigenvalue weighted by molar-refractivity contribution is 5.91. The standard InChI is InChI=1S/C10H17N3O/c1-8(13-7-5-6-11-13)9(12-14)10(2,3)4/h5-8,14H,1-4H3. The summed E-state index contributed by atoms with van der Waals surface area (Å²) >= 11 is 0. The van der Waals surface area contributed by atoms with E-state index in [1.54, 1.807) is 10.9 Å². The molecule has 0 aliphatic heterocycles. The van der Waals surface area contributed by atoms with Crippen LogP contribution in [0.5, 0.6) is 0 Å². The quantitative estimate of drug-likeness (QED) is 0.447. The molecule has 1 aromatic heterocycles. The highest BCUT2D eigenvalue weighted by Gasteiger charge is 2.26. The molecule has 1 N–H and O–H groups in total. The number of oxime groups is 1. The number of hydrogen-bond acceptors (Lipinski definition) is 3. The maximum absolute atomic E-state index is 8.98. The lowest BCUT2D eigenvalue weighted by Crippen LogP contribution is -2.29. The van der Waals surface area contributed by atoms with Crippen LogP contribution in [0.2, 0.25) is 0 Å². The zero-order chi connectivity index (χ0) is 10.8. The van der Waals surface area contributed by atoms with Gasteiger partial charge < -0.3 is 5.21 Å². The highest BCUT2D eigenvalue weighted by atomic mass is 16.4. The molecular weight excluding hydrogens is 178 g/mol. The van der Waals surface area contributed by atoms with Gasteiger partial charge in [0.05, 0.1) is 11.8 Å². The summed E-state index contributed by atoms with van der Waals surface area (Å²) in [7, 11) is 0. The average molecular weight is 195 g/mol. The minimum absolute atomic E-state index is 0.0185. The zero-order valence-electron chi connectivity index (χ0n) is 9.10. The van der Waals surface area contributed by atoms with E-state index in [2.05, 4.69) is 10.3 Å². The third-order valence-electron chi connectivity index (χ3n) is 2.19. The molecule has 0 radical (unpaired) electrons. The van der Waals surface area contributed by atoms with Crippen LogP contribution in [0.3, 0.4) is 0 Å². The second-order valence-electron chi connectivity index (χ2n) is 4.40. The van der Waals surface area contributed by atoms with Gasteiger partial charge in [0.2, 0.25) is 0 Å². The number of rotatable bonds is 2. The van der Waals surface area contributed by atoms with Gasteiger partial charge in [0.1, 0.15) is 0 Å². The summed E-state index contributed by atoms with van der Waals surface area (Å²) in [6.07, 6.45) is 3.58. The highest BCUT2D eigenvalue weighted by Crippen LogP contribution is 2.23. The maximum atomic E-state index is 8.98. The molecular formula is C10H17N3O. The van der Waals surface area contributed by atoms with Crippen molar-refractivity contribution in [3.05, 3.63) is 18.5 Å². The average Bonchev–Trinajstić information content (AvgIpc) is 2.53. The van der Waals surface area contributed by atoms with Gasteiger partial charge in [-0.15, -0.1) is 0 Å². The van der Waals surface area contributed by atoms with Crippen molar-refractivity contribution in [1.82, 2.24) is 9.78 Å². The fourth-order valence-corrected chi connectivity index (χ4v) is 1.50. The van der Waals surface area contributed by atoms with Gasteiger partial charge in [0.25, 0.3) is 0 Å². The molecule has 1 unspecified atom stereocenters. The lowest BCUT2D eigenvalue weighted by Gasteiger charge is -2.25. The van der Waals surface area contributed by atoms with Crippen molar-refractivity contribution >= 4 is 5.71 Å². The first-order chi connectivity index (χ1) is 6.46. The topological polar surface area (TPSA) is 50.4 Å². The molecule has 14 heavy (non-hydrogen) atoms. The van der Waals surface area contributed by atoms with Gasteiger partial charge in [-0.05, 0) is 13.0 Å². The molecule has 0 aromatic carbocycles. The first kappa shape index (κ1) is 10.8. The molecule has 1 rings (SSSR count). The van der Waals surface area contributed by atoms with Gasteiger partial charge in [0, 0.05) is 17.8 Å². The van der Waals surface area contributed by atoms with Crippen LogP contribution in [0.15, 0.2) is 23.6 Å². The Morgan fingerprint density at radius 2 is 2.14 bits per heavy atom. The van der Waals surface area contributed by atoms with E-state index < -0.39 is 0 Å². The molecule has 0 fully saturated rings. The summed E-state index contributed by atoms with van der Waals surface area (Å²) in [4.78, 5) is 0. The molecule has 0 bridgehead atoms. The van der Waals surface area contributed by atoms with E-state index in [-0.39, 0.29) is 11.5 Å². The van der Waals surface area contributed by atoms with Gasteiger partial charge >= 0.3 is 0 Å². The van der Waals surface area contributed by atoms with Crippen molar-refractivity contribution in [2.75, 3.05) is 0 Å². The summed E-state index contributed by atoms with van der Waals surface area (Å²) in [6.45, 7) is 8.01. The zero-order valence-corrected chi connectivity index (χ0v) is 9.10. The number of nitrogens with zero attached hydrogens (tertiary/aromatic N) is 3. The normalized spacial score (nSPS) is 15.6. The van der Waals surface area contributed by atoms with Gasteiger partial charge in [-0.1, -0.05) is 25.9 Å². The van der Waals surface area contributed by atoms with Crippen LogP contribution < -0.4 is 0 Å². The van der Waals surface area contributed by atoms with E-state index in [4.69, 9.17) is 5.21 Å². The predicted molar refractivity (Wildman–Crippen MR) is 55.6 cm³/mol. The number of aromatic nitrogens is 2. The van der Waals surface area contributed by atoms with Gasteiger partial charge in [-0.2, -0.15) is 5.10 Å². The molecule has 1 atom stereocenters. The van der Waals surface area contributed by atoms with Crippen LogP contribution in [-0.2, 0) is 0 Å². The minimum Gasteiger partial charge on any atom is -0.411 e. The second kappa shape index (κ2) is 3.82. The summed E-state index contributed by atoms with van der Waals surface area (Å²) in [5, 5.41) is 16.5. The van der Waals surface area contributed by atoms with Crippen molar-refractivity contribution in [3.8, 4) is 0 Å². The molecule has 0 spiro atoms. The van der Waals surface area contributed by atoms with Crippen LogP contribution in [0.1, 0.15) is 33.7 Å². The Balaban J connectivity index is 2.94. The minimum atomic E-state index is -0.153. The molecule has 0 saturated heterocycles. The largest absolute Gasteiger partial charge is 0.411 e. The molecule has 1 heterocycles. The Bertz CT molecular complexity index is 309. The molecule has 0 aliphatic carbocycles. The monoisotopic (exact) mass is 195 g/mol. The van der Waals surface area contributed by atoms with Crippen molar-refractivity contribution in [2.45, 2.75) is 33.7 Å². The van der Waals surface area contributed by atoms with E-state index in [1.807, 2.05) is 40.0 Å². The van der Waals surface area contributed by atoms with E-state index in [0.717, 1.165) is 5.71 Å². The lowest BCUT2D eigenvalue weighted by molar-refractivity contribution is 0.303. The first-order valence-corrected chi connectivity index (χ1v) is 4.68. The first-order valence-electron chi connectivity index (χ1n) is 4.68. The van der Waals surface area contributed by atoms with Crippen LogP contribution in [0, 0.1) is 5.41 Å². The van der Waals surface area contributed by atoms with E-state index in [1.165, 1.54) is 0 Å². The molecule has 78 valence electrons. The fraction of sp³-hybridized carbons (Fsp3) is 0.600.